The van der Waals surface area contributed by atoms with Gasteiger partial charge < -0.3 is 4.74 Å². The van der Waals surface area contributed by atoms with E-state index in [-0.39, 0.29) is 0 Å². The monoisotopic (exact) mass is 254 g/mol. The quantitative estimate of drug-likeness (QED) is 0.296. The maximum Gasteiger partial charge on any atom is 0.0914 e. The molecule has 18 heavy (non-hydrogen) atoms. The molecular weight excluding hydrogens is 220 g/mol. The Morgan fingerprint density at radius 1 is 0.722 bits per heavy atom. The molecule has 1 heteroatoms. The molecule has 0 aromatic rings. The summed E-state index contributed by atoms with van der Waals surface area (Å²) >= 11 is 0. The zero-order chi connectivity index (χ0) is 13.1. The minimum Gasteiger partial charge on any atom is -0.370 e. The van der Waals surface area contributed by atoms with Gasteiger partial charge in [-0.25, -0.2) is 0 Å². The predicted molar refractivity (Wildman–Crippen MR) is 80.1 cm³/mol. The second-order valence-electron chi connectivity index (χ2n) is 6.11. The van der Waals surface area contributed by atoms with Crippen LogP contribution in [0.25, 0.3) is 0 Å². The maximum atomic E-state index is 5.54. The van der Waals surface area contributed by atoms with E-state index in [0.717, 1.165) is 6.61 Å². The minimum atomic E-state index is 0.333. The topological polar surface area (TPSA) is 12.5 Å². The van der Waals surface area contributed by atoms with E-state index < -0.39 is 0 Å². The summed E-state index contributed by atoms with van der Waals surface area (Å²) in [5.41, 5.74) is 0.333. The van der Waals surface area contributed by atoms with Gasteiger partial charge in [-0.15, -0.1) is 0 Å². The van der Waals surface area contributed by atoms with Crippen molar-refractivity contribution in [3.63, 3.8) is 0 Å². The molecule has 0 spiro atoms. The van der Waals surface area contributed by atoms with Crippen LogP contribution in [-0.4, -0.2) is 12.2 Å². The molecule has 1 unspecified atom stereocenters. The van der Waals surface area contributed by atoms with Gasteiger partial charge in [0.2, 0.25) is 0 Å². The highest BCUT2D eigenvalue weighted by molar-refractivity contribution is 4.90. The molecule has 1 aliphatic heterocycles. The lowest BCUT2D eigenvalue weighted by molar-refractivity contribution is 0.274. The van der Waals surface area contributed by atoms with Crippen LogP contribution in [0.4, 0.5) is 0 Å². The van der Waals surface area contributed by atoms with Crippen molar-refractivity contribution in [2.45, 2.75) is 103 Å². The maximum absolute atomic E-state index is 5.54. The summed E-state index contributed by atoms with van der Waals surface area (Å²) < 4.78 is 5.54. The first-order valence-electron chi connectivity index (χ1n) is 8.47. The van der Waals surface area contributed by atoms with Crippen molar-refractivity contribution in [2.24, 2.45) is 0 Å². The summed E-state index contributed by atoms with van der Waals surface area (Å²) in [5, 5.41) is 0. The van der Waals surface area contributed by atoms with E-state index in [1.54, 1.807) is 0 Å². The highest BCUT2D eigenvalue weighted by Gasteiger charge is 2.41. The standard InChI is InChI=1S/C17H34O/c1-3-5-6-7-8-9-10-11-12-13-14-15-17(4-2)16-18-17/h3-16H2,1-2H3. The molecule has 1 heterocycles. The van der Waals surface area contributed by atoms with Crippen LogP contribution in [0.1, 0.15) is 97.3 Å². The molecule has 0 N–H and O–H groups in total. The van der Waals surface area contributed by atoms with E-state index in [2.05, 4.69) is 13.8 Å². The van der Waals surface area contributed by atoms with Gasteiger partial charge in [0.15, 0.2) is 0 Å². The average molecular weight is 254 g/mol. The summed E-state index contributed by atoms with van der Waals surface area (Å²) in [6, 6.07) is 0. The van der Waals surface area contributed by atoms with E-state index >= 15 is 0 Å². The molecule has 1 rings (SSSR count). The third-order valence-corrected chi connectivity index (χ3v) is 4.43. The lowest BCUT2D eigenvalue weighted by Crippen LogP contribution is -2.08. The molecule has 0 aromatic carbocycles. The third-order valence-electron chi connectivity index (χ3n) is 4.43. The Morgan fingerprint density at radius 3 is 1.56 bits per heavy atom. The highest BCUT2D eigenvalue weighted by Crippen LogP contribution is 2.36. The van der Waals surface area contributed by atoms with Crippen LogP contribution in [0.2, 0.25) is 0 Å². The molecule has 0 radical (unpaired) electrons. The Kier molecular flexibility index (Phi) is 8.75. The summed E-state index contributed by atoms with van der Waals surface area (Å²) in [7, 11) is 0. The highest BCUT2D eigenvalue weighted by atomic mass is 16.6. The Hall–Kier alpha value is -0.0400. The second kappa shape index (κ2) is 9.83. The Balaban J connectivity index is 1.71. The number of hydrogen-bond donors (Lipinski definition) is 0. The smallest absolute Gasteiger partial charge is 0.0914 e. The first kappa shape index (κ1) is 16.0. The van der Waals surface area contributed by atoms with Gasteiger partial charge in [-0.3, -0.25) is 0 Å². The van der Waals surface area contributed by atoms with Crippen LogP contribution in [0.3, 0.4) is 0 Å². The van der Waals surface area contributed by atoms with E-state index in [1.165, 1.54) is 83.5 Å². The first-order valence-corrected chi connectivity index (χ1v) is 8.47. The van der Waals surface area contributed by atoms with Gasteiger partial charge in [0.05, 0.1) is 12.2 Å². The Morgan fingerprint density at radius 2 is 1.17 bits per heavy atom. The van der Waals surface area contributed by atoms with Crippen molar-refractivity contribution in [1.82, 2.24) is 0 Å². The van der Waals surface area contributed by atoms with Gasteiger partial charge in [-0.05, 0) is 12.8 Å². The summed E-state index contributed by atoms with van der Waals surface area (Å²) in [4.78, 5) is 0. The average Bonchev–Trinajstić information content (AvgIpc) is 3.17. The second-order valence-corrected chi connectivity index (χ2v) is 6.11. The summed E-state index contributed by atoms with van der Waals surface area (Å²) in [5.74, 6) is 0. The predicted octanol–water partition coefficient (Wildman–Crippen LogP) is 5.87. The van der Waals surface area contributed by atoms with E-state index in [9.17, 15) is 0 Å². The fourth-order valence-electron chi connectivity index (χ4n) is 2.74. The lowest BCUT2D eigenvalue weighted by atomic mass is 9.98. The first-order chi connectivity index (χ1) is 8.83. The molecule has 0 aliphatic carbocycles. The van der Waals surface area contributed by atoms with Crippen LogP contribution in [0.5, 0.6) is 0 Å². The molecule has 0 bridgehead atoms. The van der Waals surface area contributed by atoms with Crippen LogP contribution in [0, 0.1) is 0 Å². The van der Waals surface area contributed by atoms with E-state index in [0.29, 0.717) is 5.60 Å². The number of epoxide rings is 1. The Bertz CT molecular complexity index is 184. The molecule has 1 atom stereocenters. The number of rotatable bonds is 13. The summed E-state index contributed by atoms with van der Waals surface area (Å²) in [6.07, 6.45) is 18.3. The van der Waals surface area contributed by atoms with Gasteiger partial charge in [-0.2, -0.15) is 0 Å². The molecule has 0 saturated carbocycles. The Labute approximate surface area is 115 Å². The third kappa shape index (κ3) is 7.41. The van der Waals surface area contributed by atoms with Gasteiger partial charge >= 0.3 is 0 Å². The lowest BCUT2D eigenvalue weighted by Gasteiger charge is -2.08. The molecule has 1 nitrogen and oxygen atoms in total. The molecule has 1 saturated heterocycles. The SMILES string of the molecule is CCCCCCCCCCCCCC1(CC)CO1. The van der Waals surface area contributed by atoms with Crippen LogP contribution in [0.15, 0.2) is 0 Å². The molecule has 0 aromatic heterocycles. The number of unbranched alkanes of at least 4 members (excludes halogenated alkanes) is 10. The van der Waals surface area contributed by atoms with Gasteiger partial charge in [0.25, 0.3) is 0 Å². The van der Waals surface area contributed by atoms with E-state index in [4.69, 9.17) is 4.74 Å². The zero-order valence-corrected chi connectivity index (χ0v) is 12.8. The fourth-order valence-corrected chi connectivity index (χ4v) is 2.74. The van der Waals surface area contributed by atoms with Gasteiger partial charge in [-0.1, -0.05) is 84.5 Å². The van der Waals surface area contributed by atoms with Crippen molar-refractivity contribution in [2.75, 3.05) is 6.61 Å². The number of ether oxygens (including phenoxy) is 1. The largest absolute Gasteiger partial charge is 0.370 e. The van der Waals surface area contributed by atoms with Crippen molar-refractivity contribution >= 4 is 0 Å². The van der Waals surface area contributed by atoms with E-state index in [1.807, 2.05) is 0 Å². The molecule has 1 aliphatic rings. The zero-order valence-electron chi connectivity index (χ0n) is 12.8. The minimum absolute atomic E-state index is 0.333. The molecular formula is C17H34O. The fraction of sp³-hybridized carbons (Fsp3) is 1.00. The normalized spacial score (nSPS) is 22.3. The van der Waals surface area contributed by atoms with Gasteiger partial charge in [0, 0.05) is 0 Å². The van der Waals surface area contributed by atoms with Crippen molar-refractivity contribution in [3.05, 3.63) is 0 Å². The van der Waals surface area contributed by atoms with Crippen LogP contribution < -0.4 is 0 Å². The van der Waals surface area contributed by atoms with Crippen molar-refractivity contribution in [1.29, 1.82) is 0 Å². The number of hydrogen-bond acceptors (Lipinski definition) is 1. The van der Waals surface area contributed by atoms with Crippen molar-refractivity contribution in [3.8, 4) is 0 Å². The molecule has 1 fully saturated rings. The van der Waals surface area contributed by atoms with Crippen molar-refractivity contribution < 1.29 is 4.74 Å². The summed E-state index contributed by atoms with van der Waals surface area (Å²) in [6.45, 7) is 5.57. The molecule has 0 amide bonds. The van der Waals surface area contributed by atoms with Crippen LogP contribution in [-0.2, 0) is 4.74 Å². The van der Waals surface area contributed by atoms with Crippen LogP contribution >= 0.6 is 0 Å². The molecule has 108 valence electrons. The van der Waals surface area contributed by atoms with Gasteiger partial charge in [0.1, 0.15) is 0 Å².